The van der Waals surface area contributed by atoms with Crippen LogP contribution < -0.4 is 0 Å². The maximum atomic E-state index is 15.5. The first-order valence-corrected chi connectivity index (χ1v) is 14.3. The van der Waals surface area contributed by atoms with E-state index in [1.807, 2.05) is 24.0 Å². The smallest absolute Gasteiger partial charge is 0.309 e. The normalized spacial score (nSPS) is 20.0. The van der Waals surface area contributed by atoms with Crippen LogP contribution in [0.25, 0.3) is 22.5 Å². The lowest BCUT2D eigenvalue weighted by Gasteiger charge is -2.27. The number of benzene rings is 1. The molecule has 206 valence electrons. The molecule has 1 aliphatic heterocycles. The summed E-state index contributed by atoms with van der Waals surface area (Å²) in [4.78, 5) is 32.3. The Morgan fingerprint density at radius 2 is 1.95 bits per heavy atom. The Kier molecular flexibility index (Phi) is 8.10. The van der Waals surface area contributed by atoms with Crippen molar-refractivity contribution >= 4 is 23.1 Å². The first-order chi connectivity index (χ1) is 18.9. The van der Waals surface area contributed by atoms with E-state index in [1.54, 1.807) is 23.6 Å². The van der Waals surface area contributed by atoms with Gasteiger partial charge in [-0.1, -0.05) is 31.9 Å². The van der Waals surface area contributed by atoms with Gasteiger partial charge in [0.15, 0.2) is 5.65 Å². The maximum Gasteiger partial charge on any atom is 0.309 e. The fourth-order valence-electron chi connectivity index (χ4n) is 5.78. The minimum absolute atomic E-state index is 0.0539. The van der Waals surface area contributed by atoms with Crippen LogP contribution in [0.4, 0.5) is 4.39 Å². The van der Waals surface area contributed by atoms with Crippen molar-refractivity contribution in [2.24, 2.45) is 5.92 Å². The molecule has 0 N–H and O–H groups in total. The Morgan fingerprint density at radius 1 is 1.10 bits per heavy atom. The molecule has 1 fully saturated rings. The second kappa shape index (κ2) is 11.7. The molecule has 2 atom stereocenters. The van der Waals surface area contributed by atoms with Gasteiger partial charge in [-0.3, -0.25) is 9.59 Å². The monoisotopic (exact) mass is 532 g/mol. The molecule has 0 saturated carbocycles. The standard InChI is InChI=1S/C31H37FN4O3/c1-4-24-18-28(30(37)35-15-8-6-7-10-20(35)3)33-29-19-27(34-36(24)29)25-14-13-22(17-26(25)32)21-11-9-12-23(16-21)31(38)39-5-2/h11,13-14,17-20,23H,4-10,12,15-16H2,1-3H3/t20-,23?/m1/s1. The van der Waals surface area contributed by atoms with Crippen molar-refractivity contribution < 1.29 is 18.7 Å². The van der Waals surface area contributed by atoms with E-state index in [1.165, 1.54) is 6.07 Å². The van der Waals surface area contributed by atoms with Crippen molar-refractivity contribution in [2.45, 2.75) is 78.2 Å². The Labute approximate surface area is 229 Å². The number of halogens is 1. The van der Waals surface area contributed by atoms with Gasteiger partial charge >= 0.3 is 5.97 Å². The molecule has 1 aromatic carbocycles. The highest BCUT2D eigenvalue weighted by atomic mass is 19.1. The number of carbonyl (C=O) groups excluding carboxylic acids is 2. The van der Waals surface area contributed by atoms with Gasteiger partial charge in [-0.05, 0) is 81.7 Å². The molecule has 0 spiro atoms. The number of fused-ring (bicyclic) bond motifs is 1. The maximum absolute atomic E-state index is 15.5. The highest BCUT2D eigenvalue weighted by Crippen LogP contribution is 2.34. The molecule has 1 unspecified atom stereocenters. The lowest BCUT2D eigenvalue weighted by atomic mass is 9.85. The first-order valence-electron chi connectivity index (χ1n) is 14.3. The molecule has 1 saturated heterocycles. The molecule has 7 nitrogen and oxygen atoms in total. The summed E-state index contributed by atoms with van der Waals surface area (Å²) >= 11 is 0. The third-order valence-corrected chi connectivity index (χ3v) is 8.00. The molecule has 3 aromatic rings. The summed E-state index contributed by atoms with van der Waals surface area (Å²) in [7, 11) is 0. The molecule has 5 rings (SSSR count). The number of likely N-dealkylation sites (tertiary alicyclic amines) is 1. The summed E-state index contributed by atoms with van der Waals surface area (Å²) in [6.07, 6.45) is 9.07. The van der Waals surface area contributed by atoms with E-state index < -0.39 is 0 Å². The number of esters is 1. The largest absolute Gasteiger partial charge is 0.466 e. The van der Waals surface area contributed by atoms with Crippen LogP contribution >= 0.6 is 0 Å². The SMILES string of the molecule is CCOC(=O)C1CCC=C(c2ccc(-c3cc4nc(C(=O)N5CCCCC[C@H]5C)cc(CC)n4n3)c(F)c2)C1. The predicted octanol–water partition coefficient (Wildman–Crippen LogP) is 6.25. The molecule has 1 amide bonds. The minimum atomic E-state index is -0.386. The quantitative estimate of drug-likeness (QED) is 0.351. The first kappa shape index (κ1) is 27.0. The second-order valence-electron chi connectivity index (χ2n) is 10.6. The fourth-order valence-corrected chi connectivity index (χ4v) is 5.78. The van der Waals surface area contributed by atoms with Gasteiger partial charge in [-0.15, -0.1) is 0 Å². The van der Waals surface area contributed by atoms with Crippen LogP contribution in [-0.4, -0.2) is 50.6 Å². The van der Waals surface area contributed by atoms with Gasteiger partial charge in [0.2, 0.25) is 0 Å². The van der Waals surface area contributed by atoms with Crippen LogP contribution in [0.5, 0.6) is 0 Å². The van der Waals surface area contributed by atoms with Crippen LogP contribution in [0.1, 0.15) is 87.5 Å². The van der Waals surface area contributed by atoms with Crippen molar-refractivity contribution in [1.82, 2.24) is 19.5 Å². The van der Waals surface area contributed by atoms with Gasteiger partial charge in [0.1, 0.15) is 11.5 Å². The number of amides is 1. The molecule has 39 heavy (non-hydrogen) atoms. The number of hydrogen-bond donors (Lipinski definition) is 0. The summed E-state index contributed by atoms with van der Waals surface area (Å²) in [5.41, 5.74) is 4.37. The molecule has 0 radical (unpaired) electrons. The average molecular weight is 533 g/mol. The number of carbonyl (C=O) groups is 2. The van der Waals surface area contributed by atoms with Gasteiger partial charge in [-0.25, -0.2) is 13.9 Å². The molecule has 8 heteroatoms. The van der Waals surface area contributed by atoms with Crippen molar-refractivity contribution in [1.29, 1.82) is 0 Å². The molecule has 0 bridgehead atoms. The van der Waals surface area contributed by atoms with Gasteiger partial charge in [-0.2, -0.15) is 5.10 Å². The zero-order valence-corrected chi connectivity index (χ0v) is 23.1. The van der Waals surface area contributed by atoms with Crippen molar-refractivity contribution in [3.8, 4) is 11.3 Å². The van der Waals surface area contributed by atoms with E-state index in [0.717, 1.165) is 61.9 Å². The van der Waals surface area contributed by atoms with Crippen LogP contribution in [0, 0.1) is 11.7 Å². The van der Waals surface area contributed by atoms with E-state index in [4.69, 9.17) is 4.74 Å². The summed E-state index contributed by atoms with van der Waals surface area (Å²) in [5, 5.41) is 4.67. The van der Waals surface area contributed by atoms with Crippen LogP contribution in [0.2, 0.25) is 0 Å². The topological polar surface area (TPSA) is 76.8 Å². The molecule has 2 aromatic heterocycles. The lowest BCUT2D eigenvalue weighted by Crippen LogP contribution is -2.38. The summed E-state index contributed by atoms with van der Waals surface area (Å²) in [5.74, 6) is -0.823. The number of allylic oxidation sites excluding steroid dienone is 2. The third kappa shape index (κ3) is 5.60. The van der Waals surface area contributed by atoms with Gasteiger partial charge in [0, 0.05) is 29.9 Å². The van der Waals surface area contributed by atoms with E-state index in [0.29, 0.717) is 42.0 Å². The number of rotatable bonds is 6. The van der Waals surface area contributed by atoms with Gasteiger partial charge in [0.05, 0.1) is 18.2 Å². The Morgan fingerprint density at radius 3 is 2.72 bits per heavy atom. The summed E-state index contributed by atoms with van der Waals surface area (Å²) in [6.45, 7) is 7.02. The van der Waals surface area contributed by atoms with Crippen molar-refractivity contribution in [2.75, 3.05) is 13.2 Å². The zero-order valence-electron chi connectivity index (χ0n) is 23.1. The fraction of sp³-hybridized carbons (Fsp3) is 0.484. The molecular weight excluding hydrogens is 495 g/mol. The number of aryl methyl sites for hydroxylation is 1. The minimum Gasteiger partial charge on any atom is -0.466 e. The van der Waals surface area contributed by atoms with Crippen LogP contribution in [0.15, 0.2) is 36.4 Å². The molecular formula is C31H37FN4O3. The number of ether oxygens (including phenoxy) is 1. The molecule has 3 heterocycles. The van der Waals surface area contributed by atoms with Gasteiger partial charge in [0.25, 0.3) is 5.91 Å². The Bertz CT molecular complexity index is 1410. The van der Waals surface area contributed by atoms with Crippen LogP contribution in [0.3, 0.4) is 0 Å². The van der Waals surface area contributed by atoms with E-state index in [2.05, 4.69) is 23.1 Å². The van der Waals surface area contributed by atoms with Crippen molar-refractivity contribution in [3.05, 3.63) is 59.2 Å². The molecule has 1 aliphatic carbocycles. The lowest BCUT2D eigenvalue weighted by molar-refractivity contribution is -0.148. The highest BCUT2D eigenvalue weighted by molar-refractivity contribution is 5.93. The van der Waals surface area contributed by atoms with Gasteiger partial charge < -0.3 is 9.64 Å². The molecule has 2 aliphatic rings. The zero-order chi connectivity index (χ0) is 27.5. The van der Waals surface area contributed by atoms with E-state index in [-0.39, 0.29) is 29.7 Å². The third-order valence-electron chi connectivity index (χ3n) is 8.00. The summed E-state index contributed by atoms with van der Waals surface area (Å²) in [6, 6.07) is 8.88. The second-order valence-corrected chi connectivity index (χ2v) is 10.6. The van der Waals surface area contributed by atoms with Crippen LogP contribution in [-0.2, 0) is 16.0 Å². The number of aromatic nitrogens is 3. The van der Waals surface area contributed by atoms with E-state index >= 15 is 4.39 Å². The highest BCUT2D eigenvalue weighted by Gasteiger charge is 2.27. The number of hydrogen-bond acceptors (Lipinski definition) is 5. The average Bonchev–Trinajstić information content (AvgIpc) is 3.26. The van der Waals surface area contributed by atoms with Crippen molar-refractivity contribution in [3.63, 3.8) is 0 Å². The number of nitrogens with zero attached hydrogens (tertiary/aromatic N) is 4. The Hall–Kier alpha value is -3.55. The predicted molar refractivity (Wildman–Crippen MR) is 149 cm³/mol. The summed E-state index contributed by atoms with van der Waals surface area (Å²) < 4.78 is 22.4. The van der Waals surface area contributed by atoms with E-state index in [9.17, 15) is 9.59 Å². The Balaban J connectivity index is 1.43.